The molecule has 0 spiro atoms. The summed E-state index contributed by atoms with van der Waals surface area (Å²) in [5, 5.41) is 16.3. The summed E-state index contributed by atoms with van der Waals surface area (Å²) in [7, 11) is 4.00. The van der Waals surface area contributed by atoms with Crippen molar-refractivity contribution in [3.05, 3.63) is 53.9 Å². The third-order valence-corrected chi connectivity index (χ3v) is 5.70. The number of piperidine rings is 1. The molecule has 8 nitrogen and oxygen atoms in total. The Balaban J connectivity index is 1.33. The van der Waals surface area contributed by atoms with Crippen molar-refractivity contribution in [1.82, 2.24) is 20.0 Å². The van der Waals surface area contributed by atoms with E-state index in [1.54, 1.807) is 4.68 Å². The standard InChI is InChI=1S/C23H29N7O/c1-16-15-17(2)30(27-16)22-10-9-21(25-26-22)29-13-11-18(12-14-29)23(31)24-19-5-7-20(8-6-19)28(3)4/h5-10,15,18H,11-14H2,1-4H3,(H,24,31). The zero-order valence-electron chi connectivity index (χ0n) is 18.5. The number of carbonyl (C=O) groups is 1. The quantitative estimate of drug-likeness (QED) is 0.684. The minimum Gasteiger partial charge on any atom is -0.378 e. The first-order valence-corrected chi connectivity index (χ1v) is 10.6. The van der Waals surface area contributed by atoms with Crippen molar-refractivity contribution in [1.29, 1.82) is 0 Å². The largest absolute Gasteiger partial charge is 0.378 e. The van der Waals surface area contributed by atoms with Gasteiger partial charge in [-0.3, -0.25) is 4.79 Å². The number of aromatic nitrogens is 4. The average molecular weight is 420 g/mol. The predicted octanol–water partition coefficient (Wildman–Crippen LogP) is 3.20. The summed E-state index contributed by atoms with van der Waals surface area (Å²) in [5.74, 6) is 1.64. The third kappa shape index (κ3) is 4.68. The van der Waals surface area contributed by atoms with E-state index in [4.69, 9.17) is 0 Å². The molecule has 1 aromatic carbocycles. The van der Waals surface area contributed by atoms with E-state index in [1.807, 2.05) is 75.3 Å². The zero-order chi connectivity index (χ0) is 22.0. The summed E-state index contributed by atoms with van der Waals surface area (Å²) in [4.78, 5) is 16.9. The molecule has 1 amide bonds. The molecule has 0 radical (unpaired) electrons. The first kappa shape index (κ1) is 20.8. The number of hydrogen-bond donors (Lipinski definition) is 1. The lowest BCUT2D eigenvalue weighted by molar-refractivity contribution is -0.120. The molecule has 1 aliphatic heterocycles. The fourth-order valence-corrected chi connectivity index (χ4v) is 3.92. The molecule has 0 bridgehead atoms. The molecule has 162 valence electrons. The summed E-state index contributed by atoms with van der Waals surface area (Å²) in [6, 6.07) is 13.8. The number of nitrogens with zero attached hydrogens (tertiary/aromatic N) is 6. The highest BCUT2D eigenvalue weighted by Gasteiger charge is 2.26. The van der Waals surface area contributed by atoms with Gasteiger partial charge in [0.15, 0.2) is 11.6 Å². The number of rotatable bonds is 5. The number of aryl methyl sites for hydroxylation is 2. The number of carbonyl (C=O) groups excluding carboxylic acids is 1. The Morgan fingerprint density at radius 2 is 1.65 bits per heavy atom. The van der Waals surface area contributed by atoms with Crippen LogP contribution in [0.5, 0.6) is 0 Å². The summed E-state index contributed by atoms with van der Waals surface area (Å²) in [5.41, 5.74) is 3.93. The Kier molecular flexibility index (Phi) is 5.88. The molecule has 3 heterocycles. The maximum Gasteiger partial charge on any atom is 0.227 e. The monoisotopic (exact) mass is 419 g/mol. The number of nitrogens with one attached hydrogen (secondary N) is 1. The van der Waals surface area contributed by atoms with Crippen LogP contribution < -0.4 is 15.1 Å². The first-order valence-electron chi connectivity index (χ1n) is 10.6. The van der Waals surface area contributed by atoms with Gasteiger partial charge in [0.2, 0.25) is 5.91 Å². The number of benzene rings is 1. The van der Waals surface area contributed by atoms with Gasteiger partial charge in [-0.1, -0.05) is 0 Å². The van der Waals surface area contributed by atoms with Gasteiger partial charge in [-0.2, -0.15) is 5.10 Å². The van der Waals surface area contributed by atoms with Crippen LogP contribution in [0.2, 0.25) is 0 Å². The van der Waals surface area contributed by atoms with E-state index in [1.165, 1.54) is 0 Å². The summed E-state index contributed by atoms with van der Waals surface area (Å²) in [6.07, 6.45) is 1.59. The number of anilines is 3. The molecule has 1 fully saturated rings. The summed E-state index contributed by atoms with van der Waals surface area (Å²) < 4.78 is 1.80. The summed E-state index contributed by atoms with van der Waals surface area (Å²) >= 11 is 0. The third-order valence-electron chi connectivity index (χ3n) is 5.70. The van der Waals surface area contributed by atoms with E-state index < -0.39 is 0 Å². The Morgan fingerprint density at radius 1 is 1.00 bits per heavy atom. The molecule has 2 aromatic heterocycles. The molecule has 0 atom stereocenters. The van der Waals surface area contributed by atoms with E-state index >= 15 is 0 Å². The second kappa shape index (κ2) is 8.75. The van der Waals surface area contributed by atoms with Crippen LogP contribution in [0.4, 0.5) is 17.2 Å². The molecule has 3 aromatic rings. The molecule has 4 rings (SSSR count). The maximum atomic E-state index is 12.7. The molecule has 1 N–H and O–H groups in total. The molecular weight excluding hydrogens is 390 g/mol. The van der Waals surface area contributed by atoms with Gasteiger partial charge in [-0.25, -0.2) is 4.68 Å². The first-order chi connectivity index (χ1) is 14.9. The van der Waals surface area contributed by atoms with Gasteiger partial charge in [0.1, 0.15) is 0 Å². The molecule has 1 saturated heterocycles. The van der Waals surface area contributed by atoms with Crippen molar-refractivity contribution >= 4 is 23.1 Å². The smallest absolute Gasteiger partial charge is 0.227 e. The van der Waals surface area contributed by atoms with E-state index in [0.717, 1.165) is 54.5 Å². The van der Waals surface area contributed by atoms with Crippen molar-refractivity contribution in [3.63, 3.8) is 0 Å². The second-order valence-corrected chi connectivity index (χ2v) is 8.28. The molecule has 8 heteroatoms. The molecular formula is C23H29N7O. The lowest BCUT2D eigenvalue weighted by Gasteiger charge is -2.31. The topological polar surface area (TPSA) is 79.2 Å². The van der Waals surface area contributed by atoms with Crippen LogP contribution in [-0.2, 0) is 4.79 Å². The lowest BCUT2D eigenvalue weighted by atomic mass is 9.96. The lowest BCUT2D eigenvalue weighted by Crippen LogP contribution is -2.38. The Bertz CT molecular complexity index is 1030. The van der Waals surface area contributed by atoms with E-state index in [-0.39, 0.29) is 11.8 Å². The fourth-order valence-electron chi connectivity index (χ4n) is 3.92. The number of hydrogen-bond acceptors (Lipinski definition) is 6. The fraction of sp³-hybridized carbons (Fsp3) is 0.391. The van der Waals surface area contributed by atoms with Crippen LogP contribution in [0.25, 0.3) is 5.82 Å². The van der Waals surface area contributed by atoms with Crippen LogP contribution in [-0.4, -0.2) is 53.1 Å². The van der Waals surface area contributed by atoms with Crippen LogP contribution in [0.1, 0.15) is 24.2 Å². The van der Waals surface area contributed by atoms with Crippen molar-refractivity contribution in [2.75, 3.05) is 42.3 Å². The van der Waals surface area contributed by atoms with Crippen LogP contribution in [0.15, 0.2) is 42.5 Å². The number of amides is 1. The zero-order valence-corrected chi connectivity index (χ0v) is 18.5. The highest BCUT2D eigenvalue weighted by Crippen LogP contribution is 2.24. The highest BCUT2D eigenvalue weighted by atomic mass is 16.1. The van der Waals surface area contributed by atoms with Gasteiger partial charge in [0, 0.05) is 50.2 Å². The van der Waals surface area contributed by atoms with Gasteiger partial charge in [0.05, 0.1) is 5.69 Å². The molecule has 31 heavy (non-hydrogen) atoms. The molecule has 0 aliphatic carbocycles. The van der Waals surface area contributed by atoms with Gasteiger partial charge in [-0.05, 0) is 69.2 Å². The predicted molar refractivity (Wildman–Crippen MR) is 123 cm³/mol. The van der Waals surface area contributed by atoms with E-state index in [0.29, 0.717) is 5.82 Å². The van der Waals surface area contributed by atoms with Crippen molar-refractivity contribution in [2.24, 2.45) is 5.92 Å². The van der Waals surface area contributed by atoms with Crippen LogP contribution in [0, 0.1) is 19.8 Å². The van der Waals surface area contributed by atoms with Crippen molar-refractivity contribution in [3.8, 4) is 5.82 Å². The SMILES string of the molecule is Cc1cc(C)n(-c2ccc(N3CCC(C(=O)Nc4ccc(N(C)C)cc4)CC3)nn2)n1. The second-order valence-electron chi connectivity index (χ2n) is 8.28. The van der Waals surface area contributed by atoms with E-state index in [9.17, 15) is 4.79 Å². The molecule has 0 unspecified atom stereocenters. The minimum atomic E-state index is 0.00621. The van der Waals surface area contributed by atoms with Gasteiger partial charge in [-0.15, -0.1) is 10.2 Å². The molecule has 1 aliphatic rings. The highest BCUT2D eigenvalue weighted by molar-refractivity contribution is 5.92. The Morgan fingerprint density at radius 3 is 2.19 bits per heavy atom. The normalized spacial score (nSPS) is 14.5. The van der Waals surface area contributed by atoms with Gasteiger partial charge in [0.25, 0.3) is 0 Å². The minimum absolute atomic E-state index is 0.00621. The van der Waals surface area contributed by atoms with E-state index in [2.05, 4.69) is 25.5 Å². The van der Waals surface area contributed by atoms with Crippen molar-refractivity contribution in [2.45, 2.75) is 26.7 Å². The van der Waals surface area contributed by atoms with Gasteiger partial charge < -0.3 is 15.1 Å². The van der Waals surface area contributed by atoms with Crippen LogP contribution >= 0.6 is 0 Å². The van der Waals surface area contributed by atoms with Gasteiger partial charge >= 0.3 is 0 Å². The Hall–Kier alpha value is -3.42. The maximum absolute atomic E-state index is 12.7. The molecule has 0 saturated carbocycles. The average Bonchev–Trinajstić information content (AvgIpc) is 3.12. The van der Waals surface area contributed by atoms with Crippen molar-refractivity contribution < 1.29 is 4.79 Å². The Labute approximate surface area is 182 Å². The van der Waals surface area contributed by atoms with Crippen LogP contribution in [0.3, 0.4) is 0 Å². The summed E-state index contributed by atoms with van der Waals surface area (Å²) in [6.45, 7) is 5.53.